The van der Waals surface area contributed by atoms with Crippen molar-refractivity contribution in [1.82, 2.24) is 19.7 Å². The number of carbonyl (C=O) groups excluding carboxylic acids is 1. The number of hydrogen-bond donors (Lipinski definition) is 2. The van der Waals surface area contributed by atoms with Crippen LogP contribution in [-0.4, -0.2) is 52.0 Å². The molecule has 0 unspecified atom stereocenters. The van der Waals surface area contributed by atoms with Gasteiger partial charge in [0.05, 0.1) is 31.4 Å². The number of amides is 1. The van der Waals surface area contributed by atoms with Gasteiger partial charge in [0.25, 0.3) is 5.56 Å². The molecule has 0 radical (unpaired) electrons. The molecule has 3 aromatic rings. The molecule has 0 bridgehead atoms. The van der Waals surface area contributed by atoms with Crippen LogP contribution in [0.2, 0.25) is 0 Å². The lowest BCUT2D eigenvalue weighted by molar-refractivity contribution is -0.116. The number of hydrogen-bond acceptors (Lipinski definition) is 8. The molecule has 1 aromatic carbocycles. The van der Waals surface area contributed by atoms with E-state index in [4.69, 9.17) is 4.74 Å². The van der Waals surface area contributed by atoms with Crippen molar-refractivity contribution in [1.29, 1.82) is 0 Å². The Hall–Kier alpha value is -3.79. The maximum Gasteiger partial charge on any atom is 0.253 e. The molecule has 1 fully saturated rings. The predicted molar refractivity (Wildman–Crippen MR) is 117 cm³/mol. The molecule has 2 N–H and O–H groups in total. The minimum absolute atomic E-state index is 0.101. The van der Waals surface area contributed by atoms with Crippen LogP contribution in [0, 0.1) is 6.92 Å². The highest BCUT2D eigenvalue weighted by Crippen LogP contribution is 2.21. The number of nitrogens with one attached hydrogen (secondary N) is 2. The Bertz CT molecular complexity index is 1110. The molecule has 1 aliphatic heterocycles. The standard InChI is InChI=1S/C21H23N7O3/c1-15-10-21(30)28(14-22-15)13-20(29)25-17-4-2-16(3-5-17)24-19-11-18(12-23-26-19)27-6-8-31-9-7-27/h2-5,10-12,14H,6-9,13H2,1H3,(H,24,26)(H,25,29). The molecule has 1 saturated heterocycles. The first-order valence-electron chi connectivity index (χ1n) is 9.92. The van der Waals surface area contributed by atoms with E-state index in [2.05, 4.69) is 30.7 Å². The molecular weight excluding hydrogens is 398 g/mol. The Morgan fingerprint density at radius 2 is 1.87 bits per heavy atom. The van der Waals surface area contributed by atoms with Gasteiger partial charge in [-0.25, -0.2) is 4.98 Å². The summed E-state index contributed by atoms with van der Waals surface area (Å²) in [5.74, 6) is 0.324. The summed E-state index contributed by atoms with van der Waals surface area (Å²) in [5, 5.41) is 14.2. The van der Waals surface area contributed by atoms with E-state index in [-0.39, 0.29) is 18.0 Å². The van der Waals surface area contributed by atoms with Crippen molar-refractivity contribution in [2.24, 2.45) is 0 Å². The summed E-state index contributed by atoms with van der Waals surface area (Å²) in [6.45, 7) is 4.68. The van der Waals surface area contributed by atoms with Gasteiger partial charge in [0.1, 0.15) is 6.54 Å². The van der Waals surface area contributed by atoms with Crippen LogP contribution in [0.3, 0.4) is 0 Å². The number of anilines is 4. The number of aryl methyl sites for hydroxylation is 1. The number of carbonyl (C=O) groups is 1. The average Bonchev–Trinajstić information content (AvgIpc) is 2.78. The topological polar surface area (TPSA) is 114 Å². The molecule has 31 heavy (non-hydrogen) atoms. The van der Waals surface area contributed by atoms with Gasteiger partial charge in [0, 0.05) is 42.3 Å². The molecule has 10 nitrogen and oxygen atoms in total. The fourth-order valence-corrected chi connectivity index (χ4v) is 3.19. The van der Waals surface area contributed by atoms with Gasteiger partial charge in [-0.05, 0) is 31.2 Å². The predicted octanol–water partition coefficient (Wildman–Crippen LogP) is 1.56. The highest BCUT2D eigenvalue weighted by Gasteiger charge is 2.12. The van der Waals surface area contributed by atoms with E-state index in [9.17, 15) is 9.59 Å². The van der Waals surface area contributed by atoms with Crippen molar-refractivity contribution in [3.8, 4) is 0 Å². The van der Waals surface area contributed by atoms with Crippen LogP contribution >= 0.6 is 0 Å². The highest BCUT2D eigenvalue weighted by atomic mass is 16.5. The second kappa shape index (κ2) is 9.35. The van der Waals surface area contributed by atoms with Crippen molar-refractivity contribution in [3.05, 3.63) is 65.0 Å². The van der Waals surface area contributed by atoms with Crippen molar-refractivity contribution < 1.29 is 9.53 Å². The normalized spacial score (nSPS) is 13.6. The molecule has 1 aliphatic rings. The molecule has 160 valence electrons. The molecule has 1 amide bonds. The number of aromatic nitrogens is 4. The number of nitrogens with zero attached hydrogens (tertiary/aromatic N) is 5. The third-order valence-electron chi connectivity index (χ3n) is 4.79. The minimum Gasteiger partial charge on any atom is -0.378 e. The van der Waals surface area contributed by atoms with Crippen LogP contribution < -0.4 is 21.1 Å². The van der Waals surface area contributed by atoms with E-state index in [0.29, 0.717) is 30.4 Å². The van der Waals surface area contributed by atoms with Gasteiger partial charge in [-0.15, -0.1) is 5.10 Å². The van der Waals surface area contributed by atoms with E-state index in [1.165, 1.54) is 17.0 Å². The molecule has 2 aromatic heterocycles. The number of morpholine rings is 1. The summed E-state index contributed by atoms with van der Waals surface area (Å²) in [4.78, 5) is 30.4. The van der Waals surface area contributed by atoms with Gasteiger partial charge < -0.3 is 20.3 Å². The SMILES string of the molecule is Cc1cc(=O)n(CC(=O)Nc2ccc(Nc3cc(N4CCOCC4)cnn3)cc2)cn1. The van der Waals surface area contributed by atoms with E-state index in [1.807, 2.05) is 18.2 Å². The van der Waals surface area contributed by atoms with Gasteiger partial charge in [-0.3, -0.25) is 14.2 Å². The van der Waals surface area contributed by atoms with Crippen molar-refractivity contribution in [2.75, 3.05) is 41.8 Å². The Labute approximate surface area is 178 Å². The number of benzene rings is 1. The third-order valence-corrected chi connectivity index (χ3v) is 4.79. The van der Waals surface area contributed by atoms with E-state index in [0.717, 1.165) is 24.5 Å². The summed E-state index contributed by atoms with van der Waals surface area (Å²) in [7, 11) is 0. The number of ether oxygens (including phenoxy) is 1. The van der Waals surface area contributed by atoms with Gasteiger partial charge >= 0.3 is 0 Å². The lowest BCUT2D eigenvalue weighted by atomic mass is 10.2. The first-order valence-corrected chi connectivity index (χ1v) is 9.92. The van der Waals surface area contributed by atoms with Gasteiger partial charge in [-0.1, -0.05) is 0 Å². The highest BCUT2D eigenvalue weighted by molar-refractivity contribution is 5.90. The average molecular weight is 421 g/mol. The van der Waals surface area contributed by atoms with Gasteiger partial charge in [0.15, 0.2) is 5.82 Å². The number of rotatable bonds is 6. The second-order valence-corrected chi connectivity index (χ2v) is 7.15. The van der Waals surface area contributed by atoms with Crippen LogP contribution in [0.25, 0.3) is 0 Å². The summed E-state index contributed by atoms with van der Waals surface area (Å²) < 4.78 is 6.65. The molecule has 0 aliphatic carbocycles. The lowest BCUT2D eigenvalue weighted by Crippen LogP contribution is -2.36. The fraction of sp³-hybridized carbons (Fsp3) is 0.286. The van der Waals surface area contributed by atoms with E-state index < -0.39 is 0 Å². The molecule has 10 heteroatoms. The summed E-state index contributed by atoms with van der Waals surface area (Å²) in [6, 6.07) is 10.5. The summed E-state index contributed by atoms with van der Waals surface area (Å²) in [6.07, 6.45) is 3.11. The van der Waals surface area contributed by atoms with Gasteiger partial charge in [-0.2, -0.15) is 5.10 Å². The Balaban J connectivity index is 1.36. The van der Waals surface area contributed by atoms with E-state index in [1.54, 1.807) is 25.3 Å². The Morgan fingerprint density at radius 1 is 1.13 bits per heavy atom. The van der Waals surface area contributed by atoms with E-state index >= 15 is 0 Å². The minimum atomic E-state index is -0.308. The molecular formula is C21H23N7O3. The molecule has 3 heterocycles. The first kappa shape index (κ1) is 20.5. The molecule has 0 saturated carbocycles. The Kier molecular flexibility index (Phi) is 6.18. The maximum absolute atomic E-state index is 12.2. The van der Waals surface area contributed by atoms with Crippen LogP contribution in [0.15, 0.2) is 53.7 Å². The van der Waals surface area contributed by atoms with Crippen LogP contribution in [-0.2, 0) is 16.1 Å². The quantitative estimate of drug-likeness (QED) is 0.616. The van der Waals surface area contributed by atoms with Crippen molar-refractivity contribution in [2.45, 2.75) is 13.5 Å². The zero-order valence-electron chi connectivity index (χ0n) is 17.1. The fourth-order valence-electron chi connectivity index (χ4n) is 3.19. The van der Waals surface area contributed by atoms with Gasteiger partial charge in [0.2, 0.25) is 5.91 Å². The lowest BCUT2D eigenvalue weighted by Gasteiger charge is -2.28. The summed E-state index contributed by atoms with van der Waals surface area (Å²) >= 11 is 0. The molecule has 0 spiro atoms. The third kappa shape index (κ3) is 5.43. The van der Waals surface area contributed by atoms with Crippen LogP contribution in [0.5, 0.6) is 0 Å². The largest absolute Gasteiger partial charge is 0.378 e. The summed E-state index contributed by atoms with van der Waals surface area (Å²) in [5.41, 5.74) is 2.78. The first-order chi connectivity index (χ1) is 15.1. The zero-order valence-corrected chi connectivity index (χ0v) is 17.1. The smallest absolute Gasteiger partial charge is 0.253 e. The maximum atomic E-state index is 12.2. The second-order valence-electron chi connectivity index (χ2n) is 7.15. The van der Waals surface area contributed by atoms with Crippen LogP contribution in [0.4, 0.5) is 22.9 Å². The van der Waals surface area contributed by atoms with Crippen LogP contribution in [0.1, 0.15) is 5.69 Å². The van der Waals surface area contributed by atoms with Crippen molar-refractivity contribution in [3.63, 3.8) is 0 Å². The zero-order chi connectivity index (χ0) is 21.6. The Morgan fingerprint density at radius 3 is 2.61 bits per heavy atom. The monoisotopic (exact) mass is 421 g/mol. The van der Waals surface area contributed by atoms with Crippen molar-refractivity contribution >= 4 is 28.8 Å². The molecule has 4 rings (SSSR count). The molecule has 0 atom stereocenters.